The number of hydrogen-bond acceptors (Lipinski definition) is 4. The molecule has 1 aromatic rings. The summed E-state index contributed by atoms with van der Waals surface area (Å²) in [5.41, 5.74) is 7.41. The number of aryl methyl sites for hydroxylation is 1. The summed E-state index contributed by atoms with van der Waals surface area (Å²) in [6.45, 7) is 10.2. The molecule has 1 aliphatic carbocycles. The molecule has 0 aromatic heterocycles. The second-order valence-corrected chi connectivity index (χ2v) is 10.5. The van der Waals surface area contributed by atoms with Crippen LogP contribution in [-0.4, -0.2) is 66.4 Å². The van der Waals surface area contributed by atoms with E-state index in [1.54, 1.807) is 4.90 Å². The van der Waals surface area contributed by atoms with Crippen LogP contribution >= 0.6 is 0 Å². The number of likely N-dealkylation sites (tertiary alicyclic amines) is 1. The first-order valence-electron chi connectivity index (χ1n) is 13.0. The third-order valence-electron chi connectivity index (χ3n) is 7.21. The fourth-order valence-corrected chi connectivity index (χ4v) is 5.49. The molecule has 2 atom stereocenters. The lowest BCUT2D eigenvalue weighted by atomic mass is 9.87. The molecule has 3 rings (SSSR count). The van der Waals surface area contributed by atoms with Gasteiger partial charge in [-0.05, 0) is 56.6 Å². The van der Waals surface area contributed by atoms with Crippen LogP contribution in [0.5, 0.6) is 0 Å². The summed E-state index contributed by atoms with van der Waals surface area (Å²) in [5, 5.41) is 2.95. The molecular formula is C27H44N4O2. The molecule has 1 saturated heterocycles. The molecule has 2 amide bonds. The Kier molecular flexibility index (Phi) is 9.75. The highest BCUT2D eigenvalue weighted by Crippen LogP contribution is 2.29. The van der Waals surface area contributed by atoms with Crippen molar-refractivity contribution in [1.82, 2.24) is 15.1 Å². The van der Waals surface area contributed by atoms with E-state index in [0.717, 1.165) is 31.0 Å². The Labute approximate surface area is 200 Å². The van der Waals surface area contributed by atoms with Gasteiger partial charge in [0.15, 0.2) is 0 Å². The molecule has 3 N–H and O–H groups in total. The van der Waals surface area contributed by atoms with E-state index in [1.807, 2.05) is 31.2 Å². The fourth-order valence-electron chi connectivity index (χ4n) is 5.49. The van der Waals surface area contributed by atoms with Gasteiger partial charge in [0.25, 0.3) is 5.91 Å². The van der Waals surface area contributed by atoms with E-state index >= 15 is 0 Å². The molecule has 2 fully saturated rings. The first-order valence-corrected chi connectivity index (χ1v) is 13.0. The highest BCUT2D eigenvalue weighted by molar-refractivity contribution is 5.97. The number of nitrogens with two attached hydrogens (primary N) is 1. The number of benzene rings is 1. The van der Waals surface area contributed by atoms with Gasteiger partial charge in [-0.25, -0.2) is 0 Å². The number of nitrogens with zero attached hydrogens (tertiary/aromatic N) is 2. The minimum absolute atomic E-state index is 0.0518. The largest absolute Gasteiger partial charge is 0.353 e. The maximum atomic E-state index is 13.4. The molecule has 0 bridgehead atoms. The number of piperidine rings is 1. The van der Waals surface area contributed by atoms with E-state index in [1.165, 1.54) is 32.1 Å². The number of hydrogen-bond donors (Lipinski definition) is 2. The van der Waals surface area contributed by atoms with E-state index in [9.17, 15) is 9.59 Å². The first kappa shape index (κ1) is 25.7. The highest BCUT2D eigenvalue weighted by Gasteiger charge is 2.39. The minimum Gasteiger partial charge on any atom is -0.353 e. The molecule has 1 aromatic carbocycles. The predicted octanol–water partition coefficient (Wildman–Crippen LogP) is 3.58. The average molecular weight is 457 g/mol. The van der Waals surface area contributed by atoms with Crippen LogP contribution in [0.1, 0.15) is 74.7 Å². The number of carbonyl (C=O) groups excluding carboxylic acids is 2. The van der Waals surface area contributed by atoms with Gasteiger partial charge in [-0.15, -0.1) is 0 Å². The summed E-state index contributed by atoms with van der Waals surface area (Å²) in [5.74, 6) is 1.20. The van der Waals surface area contributed by atoms with Crippen molar-refractivity contribution in [2.45, 2.75) is 77.8 Å². The molecule has 1 aliphatic heterocycles. The van der Waals surface area contributed by atoms with Gasteiger partial charge in [0.1, 0.15) is 6.04 Å². The van der Waals surface area contributed by atoms with Crippen molar-refractivity contribution in [3.05, 3.63) is 35.4 Å². The Morgan fingerprint density at radius 3 is 2.45 bits per heavy atom. The molecule has 1 heterocycles. The van der Waals surface area contributed by atoms with Gasteiger partial charge < -0.3 is 16.0 Å². The smallest absolute Gasteiger partial charge is 0.254 e. The maximum absolute atomic E-state index is 13.4. The fraction of sp³-hybridized carbons (Fsp3) is 0.704. The molecule has 6 nitrogen and oxygen atoms in total. The van der Waals surface area contributed by atoms with Crippen molar-refractivity contribution in [2.75, 3.05) is 32.7 Å². The van der Waals surface area contributed by atoms with Crippen molar-refractivity contribution in [3.8, 4) is 0 Å². The van der Waals surface area contributed by atoms with Crippen LogP contribution < -0.4 is 11.1 Å². The number of rotatable bonds is 9. The lowest BCUT2D eigenvalue weighted by molar-refractivity contribution is -0.127. The van der Waals surface area contributed by atoms with Crippen molar-refractivity contribution in [1.29, 1.82) is 0 Å². The van der Waals surface area contributed by atoms with Gasteiger partial charge in [-0.3, -0.25) is 14.5 Å². The molecule has 6 heteroatoms. The van der Waals surface area contributed by atoms with E-state index in [2.05, 4.69) is 24.1 Å². The Morgan fingerprint density at radius 2 is 1.82 bits per heavy atom. The van der Waals surface area contributed by atoms with Crippen molar-refractivity contribution >= 4 is 11.8 Å². The SMILES string of the molecule is Cc1ccc(C(=O)N2CCC(N(CC(C)C)CC3CCCCC3)C[C@@H]2C(=O)NCCN)cc1. The summed E-state index contributed by atoms with van der Waals surface area (Å²) in [6, 6.07) is 7.52. The number of carbonyl (C=O) groups is 2. The monoisotopic (exact) mass is 456 g/mol. The van der Waals surface area contributed by atoms with E-state index in [0.29, 0.717) is 43.6 Å². The highest BCUT2D eigenvalue weighted by atomic mass is 16.2. The van der Waals surface area contributed by atoms with Crippen LogP contribution in [0.3, 0.4) is 0 Å². The van der Waals surface area contributed by atoms with Gasteiger partial charge in [0, 0.05) is 44.3 Å². The van der Waals surface area contributed by atoms with Gasteiger partial charge >= 0.3 is 0 Å². The molecule has 0 radical (unpaired) electrons. The van der Waals surface area contributed by atoms with Crippen LogP contribution in [0.4, 0.5) is 0 Å². The molecular weight excluding hydrogens is 412 g/mol. The molecule has 33 heavy (non-hydrogen) atoms. The summed E-state index contributed by atoms with van der Waals surface area (Å²) in [7, 11) is 0. The zero-order valence-corrected chi connectivity index (χ0v) is 20.9. The lowest BCUT2D eigenvalue weighted by Gasteiger charge is -2.44. The Balaban J connectivity index is 1.77. The molecule has 184 valence electrons. The van der Waals surface area contributed by atoms with Crippen LogP contribution in [0, 0.1) is 18.8 Å². The molecule has 2 aliphatic rings. The zero-order chi connectivity index (χ0) is 23.8. The minimum atomic E-state index is -0.454. The summed E-state index contributed by atoms with van der Waals surface area (Å²) in [6.07, 6.45) is 8.29. The molecule has 0 spiro atoms. The first-order chi connectivity index (χ1) is 15.9. The van der Waals surface area contributed by atoms with E-state index < -0.39 is 6.04 Å². The molecule has 1 unspecified atom stereocenters. The summed E-state index contributed by atoms with van der Waals surface area (Å²) >= 11 is 0. The van der Waals surface area contributed by atoms with Crippen molar-refractivity contribution < 1.29 is 9.59 Å². The molecule has 1 saturated carbocycles. The maximum Gasteiger partial charge on any atom is 0.254 e. The van der Waals surface area contributed by atoms with Gasteiger partial charge in [0.05, 0.1) is 0 Å². The van der Waals surface area contributed by atoms with Crippen molar-refractivity contribution in [3.63, 3.8) is 0 Å². The normalized spacial score (nSPS) is 22.1. The predicted molar refractivity (Wildman–Crippen MR) is 134 cm³/mol. The standard InChI is InChI=1S/C27H44N4O2/c1-20(2)18-30(19-22-7-5-4-6-8-22)24-13-16-31(25(17-24)26(32)29-15-14-28)27(33)23-11-9-21(3)10-12-23/h9-12,20,22,24-25H,4-8,13-19,28H2,1-3H3,(H,29,32)/t24?,25-/m1/s1. The summed E-state index contributed by atoms with van der Waals surface area (Å²) in [4.78, 5) is 31.0. The second kappa shape index (κ2) is 12.5. The number of nitrogens with one attached hydrogen (secondary N) is 1. The van der Waals surface area contributed by atoms with Crippen molar-refractivity contribution in [2.24, 2.45) is 17.6 Å². The average Bonchev–Trinajstić information content (AvgIpc) is 2.82. The number of amides is 2. The summed E-state index contributed by atoms with van der Waals surface area (Å²) < 4.78 is 0. The van der Waals surface area contributed by atoms with Crippen LogP contribution in [0.25, 0.3) is 0 Å². The van der Waals surface area contributed by atoms with Crippen LogP contribution in [0.2, 0.25) is 0 Å². The second-order valence-electron chi connectivity index (χ2n) is 10.5. The van der Waals surface area contributed by atoms with Gasteiger partial charge in [-0.2, -0.15) is 0 Å². The Bertz CT molecular complexity index is 758. The van der Waals surface area contributed by atoms with E-state index in [-0.39, 0.29) is 11.8 Å². The van der Waals surface area contributed by atoms with Gasteiger partial charge in [-0.1, -0.05) is 50.8 Å². The van der Waals surface area contributed by atoms with Crippen LogP contribution in [-0.2, 0) is 4.79 Å². The third kappa shape index (κ3) is 7.28. The van der Waals surface area contributed by atoms with Crippen LogP contribution in [0.15, 0.2) is 24.3 Å². The zero-order valence-electron chi connectivity index (χ0n) is 20.9. The quantitative estimate of drug-likeness (QED) is 0.595. The van der Waals surface area contributed by atoms with Gasteiger partial charge in [0.2, 0.25) is 5.91 Å². The Morgan fingerprint density at radius 1 is 1.12 bits per heavy atom. The topological polar surface area (TPSA) is 78.7 Å². The Hall–Kier alpha value is -1.92. The van der Waals surface area contributed by atoms with E-state index in [4.69, 9.17) is 5.73 Å². The lowest BCUT2D eigenvalue weighted by Crippen LogP contribution is -2.58. The third-order valence-corrected chi connectivity index (χ3v) is 7.21.